The average molecular weight is 380 g/mol. The molecule has 0 fully saturated rings. The normalized spacial score (nSPS) is 11.0. The summed E-state index contributed by atoms with van der Waals surface area (Å²) in [6.07, 6.45) is 3.07. The number of nitrogens with one attached hydrogen (secondary N) is 2. The quantitative estimate of drug-likeness (QED) is 0.771. The van der Waals surface area contributed by atoms with Gasteiger partial charge in [-0.05, 0) is 42.2 Å². The molecule has 2 rings (SSSR count). The van der Waals surface area contributed by atoms with Crippen LogP contribution in [0.1, 0.15) is 15.9 Å². The molecule has 0 aliphatic rings. The number of carbonyl (C=O) groups is 1. The number of hydrogen-bond donors (Lipinski definition) is 2. The highest BCUT2D eigenvalue weighted by atomic mass is 32.2. The standard InChI is InChI=1S/C17H20N2O4S2/c1-23-16-9-8-14(10-15(16)19-25(3,21)22)18-17(20)13-6-4-12(5-7-13)11-24-2/h4-10,19H,11H2,1-3H3,(H,18,20). The molecule has 0 aromatic heterocycles. The Morgan fingerprint density at radius 1 is 1.16 bits per heavy atom. The van der Waals surface area contributed by atoms with Crippen molar-refractivity contribution in [3.05, 3.63) is 53.6 Å². The van der Waals surface area contributed by atoms with E-state index in [1.54, 1.807) is 36.0 Å². The molecule has 0 atom stereocenters. The molecule has 0 aliphatic carbocycles. The van der Waals surface area contributed by atoms with Crippen LogP contribution in [-0.2, 0) is 15.8 Å². The second-order valence-electron chi connectivity index (χ2n) is 5.37. The summed E-state index contributed by atoms with van der Waals surface area (Å²) in [6.45, 7) is 0. The first-order valence-corrected chi connectivity index (χ1v) is 10.7. The lowest BCUT2D eigenvalue weighted by molar-refractivity contribution is 0.102. The summed E-state index contributed by atoms with van der Waals surface area (Å²) >= 11 is 1.71. The Kier molecular flexibility index (Phi) is 6.33. The zero-order valence-corrected chi connectivity index (χ0v) is 15.8. The number of anilines is 2. The highest BCUT2D eigenvalue weighted by Crippen LogP contribution is 2.28. The average Bonchev–Trinajstić information content (AvgIpc) is 2.54. The van der Waals surface area contributed by atoms with E-state index >= 15 is 0 Å². The maximum Gasteiger partial charge on any atom is 0.255 e. The fourth-order valence-corrected chi connectivity index (χ4v) is 3.27. The molecule has 0 radical (unpaired) electrons. The predicted molar refractivity (Wildman–Crippen MR) is 103 cm³/mol. The Hall–Kier alpha value is -2.19. The van der Waals surface area contributed by atoms with E-state index in [-0.39, 0.29) is 11.6 Å². The van der Waals surface area contributed by atoms with Crippen LogP contribution in [-0.4, -0.2) is 33.9 Å². The first-order valence-electron chi connectivity index (χ1n) is 7.37. The summed E-state index contributed by atoms with van der Waals surface area (Å²) < 4.78 is 30.4. The van der Waals surface area contributed by atoms with E-state index in [2.05, 4.69) is 10.0 Å². The van der Waals surface area contributed by atoms with Crippen molar-refractivity contribution < 1.29 is 17.9 Å². The van der Waals surface area contributed by atoms with Gasteiger partial charge >= 0.3 is 0 Å². The molecule has 8 heteroatoms. The van der Waals surface area contributed by atoms with Gasteiger partial charge < -0.3 is 10.1 Å². The summed E-state index contributed by atoms with van der Waals surface area (Å²) in [7, 11) is -2.02. The van der Waals surface area contributed by atoms with Crippen molar-refractivity contribution in [1.82, 2.24) is 0 Å². The van der Waals surface area contributed by atoms with E-state index in [1.165, 1.54) is 13.2 Å². The Morgan fingerprint density at radius 2 is 1.84 bits per heavy atom. The van der Waals surface area contributed by atoms with Crippen molar-refractivity contribution in [2.45, 2.75) is 5.75 Å². The smallest absolute Gasteiger partial charge is 0.255 e. The molecule has 0 aliphatic heterocycles. The third kappa shape index (κ3) is 5.68. The molecule has 25 heavy (non-hydrogen) atoms. The third-order valence-electron chi connectivity index (χ3n) is 3.28. The highest BCUT2D eigenvalue weighted by Gasteiger charge is 2.11. The molecule has 134 valence electrons. The maximum absolute atomic E-state index is 12.3. The van der Waals surface area contributed by atoms with E-state index in [1.807, 2.05) is 18.4 Å². The molecule has 0 heterocycles. The van der Waals surface area contributed by atoms with Crippen LogP contribution in [0.25, 0.3) is 0 Å². The first-order chi connectivity index (χ1) is 11.8. The van der Waals surface area contributed by atoms with Gasteiger partial charge in [-0.15, -0.1) is 0 Å². The Labute approximate surface area is 152 Å². The second kappa shape index (κ2) is 8.26. The number of ether oxygens (including phenoxy) is 1. The van der Waals surface area contributed by atoms with Crippen LogP contribution in [0.4, 0.5) is 11.4 Å². The zero-order chi connectivity index (χ0) is 18.4. The molecule has 6 nitrogen and oxygen atoms in total. The lowest BCUT2D eigenvalue weighted by Gasteiger charge is -2.12. The van der Waals surface area contributed by atoms with Gasteiger partial charge in [0.05, 0.1) is 19.1 Å². The van der Waals surface area contributed by atoms with Gasteiger partial charge in [0.15, 0.2) is 0 Å². The lowest BCUT2D eigenvalue weighted by Crippen LogP contribution is -2.14. The van der Waals surface area contributed by atoms with Gasteiger partial charge in [-0.25, -0.2) is 8.42 Å². The molecule has 1 amide bonds. The SMILES string of the molecule is COc1ccc(NC(=O)c2ccc(CSC)cc2)cc1NS(C)(=O)=O. The topological polar surface area (TPSA) is 84.5 Å². The number of carbonyl (C=O) groups excluding carboxylic acids is 1. The number of sulfonamides is 1. The van der Waals surface area contributed by atoms with E-state index < -0.39 is 10.0 Å². The molecular weight excluding hydrogens is 360 g/mol. The summed E-state index contributed by atoms with van der Waals surface area (Å²) in [6, 6.07) is 12.1. The molecule has 0 saturated carbocycles. The number of methoxy groups -OCH3 is 1. The Bertz CT molecular complexity index is 849. The van der Waals surface area contributed by atoms with Crippen molar-refractivity contribution in [2.24, 2.45) is 0 Å². The minimum atomic E-state index is -3.46. The van der Waals surface area contributed by atoms with Gasteiger partial charge in [0, 0.05) is 17.0 Å². The second-order valence-corrected chi connectivity index (χ2v) is 7.99. The molecule has 2 aromatic rings. The summed E-state index contributed by atoms with van der Waals surface area (Å²) in [5.74, 6) is 0.983. The van der Waals surface area contributed by atoms with E-state index in [0.717, 1.165) is 17.6 Å². The number of rotatable bonds is 7. The maximum atomic E-state index is 12.3. The van der Waals surface area contributed by atoms with E-state index in [4.69, 9.17) is 4.74 Å². The van der Waals surface area contributed by atoms with Gasteiger partial charge in [0.1, 0.15) is 5.75 Å². The largest absolute Gasteiger partial charge is 0.495 e. The molecule has 0 saturated heterocycles. The minimum absolute atomic E-state index is 0.262. The number of thioether (sulfide) groups is 1. The molecule has 2 N–H and O–H groups in total. The molecular formula is C17H20N2O4S2. The van der Waals surface area contributed by atoms with Gasteiger partial charge in [0.2, 0.25) is 10.0 Å². The monoisotopic (exact) mass is 380 g/mol. The van der Waals surface area contributed by atoms with Gasteiger partial charge in [-0.2, -0.15) is 11.8 Å². The predicted octanol–water partition coefficient (Wildman–Crippen LogP) is 3.18. The molecule has 2 aromatic carbocycles. The van der Waals surface area contributed by atoms with E-state index in [0.29, 0.717) is 17.0 Å². The lowest BCUT2D eigenvalue weighted by atomic mass is 10.1. The first kappa shape index (κ1) is 19.1. The van der Waals surface area contributed by atoms with Crippen molar-refractivity contribution in [3.8, 4) is 5.75 Å². The van der Waals surface area contributed by atoms with Gasteiger partial charge in [-0.3, -0.25) is 9.52 Å². The fraction of sp³-hybridized carbons (Fsp3) is 0.235. The Morgan fingerprint density at radius 3 is 2.40 bits per heavy atom. The van der Waals surface area contributed by atoms with Crippen LogP contribution < -0.4 is 14.8 Å². The van der Waals surface area contributed by atoms with Crippen LogP contribution in [0, 0.1) is 0 Å². The van der Waals surface area contributed by atoms with Crippen molar-refractivity contribution in [3.63, 3.8) is 0 Å². The molecule has 0 unspecified atom stereocenters. The van der Waals surface area contributed by atoms with Gasteiger partial charge in [-0.1, -0.05) is 12.1 Å². The third-order valence-corrected chi connectivity index (χ3v) is 4.49. The minimum Gasteiger partial charge on any atom is -0.495 e. The van der Waals surface area contributed by atoms with Crippen LogP contribution in [0.2, 0.25) is 0 Å². The van der Waals surface area contributed by atoms with Crippen LogP contribution in [0.3, 0.4) is 0 Å². The zero-order valence-electron chi connectivity index (χ0n) is 14.2. The van der Waals surface area contributed by atoms with Crippen LogP contribution in [0.5, 0.6) is 5.75 Å². The molecule has 0 bridgehead atoms. The highest BCUT2D eigenvalue weighted by molar-refractivity contribution is 7.97. The van der Waals surface area contributed by atoms with Crippen molar-refractivity contribution in [2.75, 3.05) is 29.7 Å². The summed E-state index contributed by atoms with van der Waals surface area (Å²) in [5, 5.41) is 2.75. The summed E-state index contributed by atoms with van der Waals surface area (Å²) in [4.78, 5) is 12.3. The van der Waals surface area contributed by atoms with Crippen molar-refractivity contribution in [1.29, 1.82) is 0 Å². The van der Waals surface area contributed by atoms with Crippen molar-refractivity contribution >= 4 is 39.1 Å². The van der Waals surface area contributed by atoms with E-state index in [9.17, 15) is 13.2 Å². The fourth-order valence-electron chi connectivity index (χ4n) is 2.19. The number of benzene rings is 2. The molecule has 0 spiro atoms. The van der Waals surface area contributed by atoms with Crippen LogP contribution in [0.15, 0.2) is 42.5 Å². The Balaban J connectivity index is 2.18. The number of amides is 1. The van der Waals surface area contributed by atoms with Gasteiger partial charge in [0.25, 0.3) is 5.91 Å². The number of hydrogen-bond acceptors (Lipinski definition) is 5. The summed E-state index contributed by atoms with van der Waals surface area (Å²) in [5.41, 5.74) is 2.40. The van der Waals surface area contributed by atoms with Crippen LogP contribution >= 0.6 is 11.8 Å².